The van der Waals surface area contributed by atoms with Crippen molar-refractivity contribution in [3.05, 3.63) is 92.9 Å². The van der Waals surface area contributed by atoms with Crippen molar-refractivity contribution in [1.29, 1.82) is 0 Å². The van der Waals surface area contributed by atoms with Gasteiger partial charge in [-0.15, -0.1) is 0 Å². The Balaban J connectivity index is 1.10. The first-order valence-electron chi connectivity index (χ1n) is 14.4. The molecule has 0 aromatic heterocycles. The Labute approximate surface area is 260 Å². The normalized spacial score (nSPS) is 18.1. The molecule has 2 heterocycles. The SMILES string of the molecule is O=C(CCS(=O)(=O)c1cc2c(cc1Br)CCN2C(=O)C1CC1)N1CCN([C@@H](c2ccccc2)c2ccc(Cl)cc2)CC1. The topological polar surface area (TPSA) is 78.0 Å². The number of sulfone groups is 1. The number of carbonyl (C=O) groups excluding carboxylic acids is 2. The van der Waals surface area contributed by atoms with Crippen LogP contribution in [0.2, 0.25) is 5.02 Å². The summed E-state index contributed by atoms with van der Waals surface area (Å²) >= 11 is 9.59. The third-order valence-corrected chi connectivity index (χ3v) is 11.4. The summed E-state index contributed by atoms with van der Waals surface area (Å²) in [6, 6.07) is 21.6. The first kappa shape index (κ1) is 29.4. The Hall–Kier alpha value is -2.72. The van der Waals surface area contributed by atoms with Crippen molar-refractivity contribution < 1.29 is 18.0 Å². The first-order chi connectivity index (χ1) is 20.2. The van der Waals surface area contributed by atoms with E-state index in [-0.39, 0.29) is 40.8 Å². The van der Waals surface area contributed by atoms with Crippen LogP contribution in [0.1, 0.15) is 42.0 Å². The van der Waals surface area contributed by atoms with Crippen LogP contribution in [0.15, 0.2) is 76.1 Å². The molecule has 1 aliphatic carbocycles. The van der Waals surface area contributed by atoms with Crippen LogP contribution in [0, 0.1) is 5.92 Å². The number of nitrogens with zero attached hydrogens (tertiary/aromatic N) is 3. The van der Waals surface area contributed by atoms with Gasteiger partial charge in [-0.1, -0.05) is 54.1 Å². The van der Waals surface area contributed by atoms with Gasteiger partial charge >= 0.3 is 0 Å². The molecule has 10 heteroatoms. The van der Waals surface area contributed by atoms with E-state index < -0.39 is 9.84 Å². The van der Waals surface area contributed by atoms with E-state index >= 15 is 0 Å². The third kappa shape index (κ3) is 6.16. The predicted octanol–water partition coefficient (Wildman–Crippen LogP) is 5.50. The second-order valence-corrected chi connectivity index (χ2v) is 14.6. The number of amides is 2. The fourth-order valence-electron chi connectivity index (χ4n) is 6.02. The Morgan fingerprint density at radius 2 is 1.57 bits per heavy atom. The van der Waals surface area contributed by atoms with Gasteiger partial charge in [0, 0.05) is 60.2 Å². The molecular weight excluding hydrogens is 638 g/mol. The lowest BCUT2D eigenvalue weighted by Gasteiger charge is -2.40. The second kappa shape index (κ2) is 12.1. The first-order valence-corrected chi connectivity index (χ1v) is 17.2. The van der Waals surface area contributed by atoms with Crippen LogP contribution in [-0.2, 0) is 25.8 Å². The van der Waals surface area contributed by atoms with Crippen molar-refractivity contribution >= 4 is 54.9 Å². The summed E-state index contributed by atoms with van der Waals surface area (Å²) in [6.07, 6.45) is 2.42. The van der Waals surface area contributed by atoms with Gasteiger partial charge in [0.2, 0.25) is 11.8 Å². The minimum Gasteiger partial charge on any atom is -0.340 e. The lowest BCUT2D eigenvalue weighted by molar-refractivity contribution is -0.132. The summed E-state index contributed by atoms with van der Waals surface area (Å²) in [5, 5.41) is 0.687. The molecule has 0 unspecified atom stereocenters. The molecule has 3 aromatic rings. The third-order valence-electron chi connectivity index (χ3n) is 8.47. The van der Waals surface area contributed by atoms with Gasteiger partial charge in [-0.25, -0.2) is 8.42 Å². The highest BCUT2D eigenvalue weighted by Gasteiger charge is 2.37. The number of anilines is 1. The maximum atomic E-state index is 13.4. The lowest BCUT2D eigenvalue weighted by Crippen LogP contribution is -2.50. The zero-order valence-corrected chi connectivity index (χ0v) is 26.4. The van der Waals surface area contributed by atoms with E-state index in [9.17, 15) is 18.0 Å². The van der Waals surface area contributed by atoms with Crippen molar-refractivity contribution in [3.8, 4) is 0 Å². The molecule has 6 rings (SSSR count). The largest absolute Gasteiger partial charge is 0.340 e. The molecule has 0 bridgehead atoms. The molecule has 1 saturated heterocycles. The maximum absolute atomic E-state index is 13.4. The Morgan fingerprint density at radius 3 is 2.24 bits per heavy atom. The summed E-state index contributed by atoms with van der Waals surface area (Å²) in [4.78, 5) is 31.9. The van der Waals surface area contributed by atoms with E-state index in [1.54, 1.807) is 15.9 Å². The van der Waals surface area contributed by atoms with Crippen LogP contribution in [0.25, 0.3) is 0 Å². The van der Waals surface area contributed by atoms with Crippen molar-refractivity contribution in [1.82, 2.24) is 9.80 Å². The quantitative estimate of drug-likeness (QED) is 0.317. The van der Waals surface area contributed by atoms with Crippen LogP contribution in [0.5, 0.6) is 0 Å². The van der Waals surface area contributed by atoms with Gasteiger partial charge in [0.15, 0.2) is 9.84 Å². The van der Waals surface area contributed by atoms with Gasteiger partial charge in [-0.2, -0.15) is 0 Å². The zero-order chi connectivity index (χ0) is 29.4. The molecule has 1 saturated carbocycles. The van der Waals surface area contributed by atoms with Crippen LogP contribution < -0.4 is 4.90 Å². The van der Waals surface area contributed by atoms with Crippen molar-refractivity contribution in [2.75, 3.05) is 43.4 Å². The smallest absolute Gasteiger partial charge is 0.230 e. The highest BCUT2D eigenvalue weighted by molar-refractivity contribution is 9.10. The van der Waals surface area contributed by atoms with Gasteiger partial charge in [0.1, 0.15) is 0 Å². The van der Waals surface area contributed by atoms with Gasteiger partial charge in [0.05, 0.1) is 16.7 Å². The van der Waals surface area contributed by atoms with Gasteiger partial charge in [-0.05, 0) is 76.1 Å². The molecule has 220 valence electrons. The average molecular weight is 671 g/mol. The second-order valence-electron chi connectivity index (χ2n) is 11.3. The standard InChI is InChI=1S/C32H33BrClN3O4S/c33-27-20-25-12-14-37(32(39)24-6-7-24)28(25)21-29(27)42(40,41)19-13-30(38)35-15-17-36(18-16-35)31(22-4-2-1-3-5-22)23-8-10-26(34)11-9-23/h1-5,8-11,20-21,24,31H,6-7,12-19H2/t31-/m0/s1. The van der Waals surface area contributed by atoms with E-state index in [4.69, 9.17) is 11.6 Å². The number of carbonyl (C=O) groups is 2. The van der Waals surface area contributed by atoms with Gasteiger partial charge in [-0.3, -0.25) is 14.5 Å². The highest BCUT2D eigenvalue weighted by atomic mass is 79.9. The van der Waals surface area contributed by atoms with E-state index in [2.05, 4.69) is 33.0 Å². The van der Waals surface area contributed by atoms with E-state index in [1.807, 2.05) is 48.5 Å². The molecule has 2 fully saturated rings. The number of hydrogen-bond acceptors (Lipinski definition) is 5. The summed E-state index contributed by atoms with van der Waals surface area (Å²) in [7, 11) is -3.75. The molecule has 2 amide bonds. The Morgan fingerprint density at radius 1 is 0.905 bits per heavy atom. The number of fused-ring (bicyclic) bond motifs is 1. The number of piperazine rings is 1. The molecule has 0 N–H and O–H groups in total. The van der Waals surface area contributed by atoms with Crippen LogP contribution in [0.3, 0.4) is 0 Å². The summed E-state index contributed by atoms with van der Waals surface area (Å²) in [5.41, 5.74) is 3.96. The number of benzene rings is 3. The van der Waals surface area contributed by atoms with E-state index in [0.717, 1.165) is 24.0 Å². The molecule has 3 aromatic carbocycles. The number of hydrogen-bond donors (Lipinski definition) is 0. The van der Waals surface area contributed by atoms with Crippen LogP contribution in [-0.4, -0.2) is 68.5 Å². The minimum absolute atomic E-state index is 0.0321. The number of halogens is 2. The van der Waals surface area contributed by atoms with E-state index in [1.165, 1.54) is 5.56 Å². The predicted molar refractivity (Wildman–Crippen MR) is 167 cm³/mol. The molecule has 2 aliphatic heterocycles. The lowest BCUT2D eigenvalue weighted by atomic mass is 9.96. The van der Waals surface area contributed by atoms with Crippen molar-refractivity contribution in [2.24, 2.45) is 5.92 Å². The van der Waals surface area contributed by atoms with E-state index in [0.29, 0.717) is 54.3 Å². The molecule has 0 spiro atoms. The summed E-state index contributed by atoms with van der Waals surface area (Å²) in [6.45, 7) is 2.96. The average Bonchev–Trinajstić information content (AvgIpc) is 3.77. The summed E-state index contributed by atoms with van der Waals surface area (Å²) in [5.74, 6) is -0.299. The van der Waals surface area contributed by atoms with Crippen molar-refractivity contribution in [2.45, 2.75) is 36.6 Å². The zero-order valence-electron chi connectivity index (χ0n) is 23.2. The van der Waals surface area contributed by atoms with Crippen LogP contribution >= 0.6 is 27.5 Å². The Bertz CT molecular complexity index is 1590. The molecule has 1 atom stereocenters. The number of rotatable bonds is 8. The fraction of sp³-hybridized carbons (Fsp3) is 0.375. The molecule has 7 nitrogen and oxygen atoms in total. The monoisotopic (exact) mass is 669 g/mol. The summed E-state index contributed by atoms with van der Waals surface area (Å²) < 4.78 is 27.3. The molecule has 3 aliphatic rings. The molecule has 0 radical (unpaired) electrons. The van der Waals surface area contributed by atoms with Crippen LogP contribution in [0.4, 0.5) is 5.69 Å². The van der Waals surface area contributed by atoms with Crippen molar-refractivity contribution in [3.63, 3.8) is 0 Å². The maximum Gasteiger partial charge on any atom is 0.230 e. The molecular formula is C32H33BrClN3O4S. The van der Waals surface area contributed by atoms with Gasteiger partial charge < -0.3 is 9.80 Å². The Kier molecular flexibility index (Phi) is 8.46. The highest BCUT2D eigenvalue weighted by Crippen LogP contribution is 2.40. The van der Waals surface area contributed by atoms with Gasteiger partial charge in [0.25, 0.3) is 0 Å². The fourth-order valence-corrected chi connectivity index (χ4v) is 8.59. The minimum atomic E-state index is -3.75. The molecule has 42 heavy (non-hydrogen) atoms.